The number of carbonyl (C=O) groups is 2. The number of phenolic OH excluding ortho intramolecular Hbond substituents is 1. The minimum absolute atomic E-state index is 0.120. The Morgan fingerprint density at radius 2 is 2.12 bits per heavy atom. The fourth-order valence-electron chi connectivity index (χ4n) is 1.06. The molecule has 0 atom stereocenters. The number of esters is 2. The number of hydrogen-bond acceptors (Lipinski definition) is 5. The predicted molar refractivity (Wildman–Crippen MR) is 55.1 cm³/mol. The molecule has 1 N–H and O–H groups in total. The lowest BCUT2D eigenvalue weighted by molar-refractivity contribution is -0.129. The highest BCUT2D eigenvalue weighted by Crippen LogP contribution is 2.27. The second-order valence-corrected chi connectivity index (χ2v) is 2.88. The van der Waals surface area contributed by atoms with Crippen LogP contribution in [0.1, 0.15) is 17.3 Å². The van der Waals surface area contributed by atoms with Gasteiger partial charge in [0.25, 0.3) is 0 Å². The van der Waals surface area contributed by atoms with Gasteiger partial charge in [-0.3, -0.25) is 4.79 Å². The summed E-state index contributed by atoms with van der Waals surface area (Å²) in [6.45, 7) is 4.91. The van der Waals surface area contributed by atoms with E-state index in [4.69, 9.17) is 4.74 Å². The predicted octanol–water partition coefficient (Wildman–Crippen LogP) is 1.31. The molecule has 0 heterocycles. The van der Waals surface area contributed by atoms with Crippen LogP contribution in [0.5, 0.6) is 11.5 Å². The number of phenols is 1. The zero-order valence-corrected chi connectivity index (χ0v) is 8.73. The van der Waals surface area contributed by atoms with Gasteiger partial charge in [0.2, 0.25) is 0 Å². The summed E-state index contributed by atoms with van der Waals surface area (Å²) < 4.78 is 9.36. The zero-order chi connectivity index (χ0) is 12.1. The van der Waals surface area contributed by atoms with Gasteiger partial charge in [-0.05, 0) is 25.1 Å². The fraction of sp³-hybridized carbons (Fsp3) is 0.182. The Hall–Kier alpha value is -2.04. The lowest BCUT2D eigenvalue weighted by Crippen LogP contribution is -2.06. The van der Waals surface area contributed by atoms with Crippen LogP contribution in [0, 0.1) is 6.92 Å². The summed E-state index contributed by atoms with van der Waals surface area (Å²) in [4.78, 5) is 21.9. The third kappa shape index (κ3) is 2.98. The van der Waals surface area contributed by atoms with E-state index >= 15 is 0 Å². The van der Waals surface area contributed by atoms with Crippen molar-refractivity contribution < 1.29 is 24.2 Å². The minimum Gasteiger partial charge on any atom is -0.504 e. The van der Waals surface area contributed by atoms with Crippen LogP contribution in [0.4, 0.5) is 0 Å². The summed E-state index contributed by atoms with van der Waals surface area (Å²) in [5, 5.41) is 9.34. The van der Waals surface area contributed by atoms with Crippen molar-refractivity contribution in [2.45, 2.75) is 6.92 Å². The van der Waals surface area contributed by atoms with Crippen LogP contribution in [0.15, 0.2) is 18.2 Å². The van der Waals surface area contributed by atoms with Gasteiger partial charge in [0, 0.05) is 0 Å². The molecule has 0 bridgehead atoms. The average molecular weight is 223 g/mol. The van der Waals surface area contributed by atoms with Crippen molar-refractivity contribution in [3.05, 3.63) is 30.7 Å². The molecule has 0 aliphatic carbocycles. The van der Waals surface area contributed by atoms with Crippen molar-refractivity contribution >= 4 is 11.9 Å². The van der Waals surface area contributed by atoms with Crippen LogP contribution in [-0.2, 0) is 9.53 Å². The molecule has 1 rings (SSSR count). The topological polar surface area (TPSA) is 72.8 Å². The monoisotopic (exact) mass is 223 g/mol. The molecule has 5 nitrogen and oxygen atoms in total. The molecular weight excluding hydrogens is 212 g/mol. The molecule has 0 spiro atoms. The second-order valence-electron chi connectivity index (χ2n) is 2.88. The number of hydrogen-bond donors (Lipinski definition) is 1. The quantitative estimate of drug-likeness (QED) is 0.617. The van der Waals surface area contributed by atoms with E-state index in [1.165, 1.54) is 18.2 Å². The van der Waals surface area contributed by atoms with E-state index in [9.17, 15) is 14.7 Å². The summed E-state index contributed by atoms with van der Waals surface area (Å²) in [5.41, 5.74) is 0.191. The molecule has 16 heavy (non-hydrogen) atoms. The second kappa shape index (κ2) is 5.16. The first-order valence-corrected chi connectivity index (χ1v) is 4.58. The Bertz CT molecular complexity index is 411. The third-order valence-electron chi connectivity index (χ3n) is 1.69. The van der Waals surface area contributed by atoms with Crippen LogP contribution >= 0.6 is 0 Å². The van der Waals surface area contributed by atoms with Gasteiger partial charge < -0.3 is 14.6 Å². The largest absolute Gasteiger partial charge is 0.504 e. The third-order valence-corrected chi connectivity index (χ3v) is 1.69. The minimum atomic E-state index is -0.823. The normalized spacial score (nSPS) is 9.62. The molecule has 0 amide bonds. The Kier molecular flexibility index (Phi) is 3.88. The Morgan fingerprint density at radius 3 is 2.69 bits per heavy atom. The smallest absolute Gasteiger partial charge is 0.338 e. The fourth-order valence-corrected chi connectivity index (χ4v) is 1.06. The molecule has 1 aromatic rings. The molecular formula is C11H11O5. The standard InChI is InChI=1S/C11H11O5/c1-3-15-11(14)8-4-5-9(13)10(6-8)16-7(2)12/h4-6,13H,2-3H2,1H3. The van der Waals surface area contributed by atoms with E-state index in [0.717, 1.165) is 0 Å². The molecule has 0 saturated carbocycles. The van der Waals surface area contributed by atoms with E-state index in [1.807, 2.05) is 0 Å². The van der Waals surface area contributed by atoms with E-state index in [0.29, 0.717) is 0 Å². The van der Waals surface area contributed by atoms with Crippen LogP contribution in [0.25, 0.3) is 0 Å². The van der Waals surface area contributed by atoms with E-state index in [-0.39, 0.29) is 23.7 Å². The summed E-state index contributed by atoms with van der Waals surface area (Å²) in [5.74, 6) is -1.74. The molecule has 85 valence electrons. The zero-order valence-electron chi connectivity index (χ0n) is 8.73. The molecule has 0 aliphatic heterocycles. The Labute approximate surface area is 92.6 Å². The van der Waals surface area contributed by atoms with Crippen LogP contribution < -0.4 is 4.74 Å². The number of rotatable bonds is 3. The van der Waals surface area contributed by atoms with Gasteiger partial charge in [0.15, 0.2) is 11.5 Å². The Balaban J connectivity index is 2.97. The number of ether oxygens (including phenoxy) is 2. The summed E-state index contributed by atoms with van der Waals surface area (Å²) in [7, 11) is 0. The summed E-state index contributed by atoms with van der Waals surface area (Å²) in [6.07, 6.45) is 0. The average Bonchev–Trinajstić information content (AvgIpc) is 2.21. The first-order valence-electron chi connectivity index (χ1n) is 4.58. The molecule has 1 aromatic carbocycles. The molecule has 0 fully saturated rings. The first-order chi connectivity index (χ1) is 7.54. The van der Waals surface area contributed by atoms with Gasteiger partial charge in [0.05, 0.1) is 19.1 Å². The van der Waals surface area contributed by atoms with Gasteiger partial charge >= 0.3 is 11.9 Å². The summed E-state index contributed by atoms with van der Waals surface area (Å²) in [6, 6.07) is 3.83. The van der Waals surface area contributed by atoms with E-state index in [1.54, 1.807) is 6.92 Å². The van der Waals surface area contributed by atoms with E-state index < -0.39 is 11.9 Å². The van der Waals surface area contributed by atoms with Crippen molar-refractivity contribution in [3.63, 3.8) is 0 Å². The van der Waals surface area contributed by atoms with Crippen LogP contribution in [0.2, 0.25) is 0 Å². The molecule has 1 radical (unpaired) electrons. The SMILES string of the molecule is [CH2]C(=O)Oc1cc(C(=O)OCC)ccc1O. The molecule has 0 saturated heterocycles. The van der Waals surface area contributed by atoms with Crippen LogP contribution in [0.3, 0.4) is 0 Å². The van der Waals surface area contributed by atoms with Gasteiger partial charge in [-0.15, -0.1) is 0 Å². The number of aromatic hydroxyl groups is 1. The maximum Gasteiger partial charge on any atom is 0.338 e. The maximum absolute atomic E-state index is 11.3. The lowest BCUT2D eigenvalue weighted by atomic mass is 10.2. The molecule has 0 unspecified atom stereocenters. The van der Waals surface area contributed by atoms with Crippen molar-refractivity contribution in [2.24, 2.45) is 0 Å². The van der Waals surface area contributed by atoms with Gasteiger partial charge in [-0.2, -0.15) is 0 Å². The highest BCUT2D eigenvalue weighted by molar-refractivity contribution is 5.90. The van der Waals surface area contributed by atoms with Gasteiger partial charge in [-0.1, -0.05) is 0 Å². The van der Waals surface area contributed by atoms with Gasteiger partial charge in [0.1, 0.15) is 0 Å². The molecule has 0 aliphatic rings. The van der Waals surface area contributed by atoms with Crippen molar-refractivity contribution in [3.8, 4) is 11.5 Å². The Morgan fingerprint density at radius 1 is 1.44 bits per heavy atom. The van der Waals surface area contributed by atoms with Crippen molar-refractivity contribution in [1.29, 1.82) is 0 Å². The number of benzene rings is 1. The molecule has 5 heteroatoms. The van der Waals surface area contributed by atoms with E-state index in [2.05, 4.69) is 11.7 Å². The first kappa shape index (κ1) is 12.0. The lowest BCUT2D eigenvalue weighted by Gasteiger charge is -2.06. The van der Waals surface area contributed by atoms with Gasteiger partial charge in [-0.25, -0.2) is 4.79 Å². The summed E-state index contributed by atoms with van der Waals surface area (Å²) >= 11 is 0. The van der Waals surface area contributed by atoms with Crippen molar-refractivity contribution in [1.82, 2.24) is 0 Å². The number of carbonyl (C=O) groups excluding carboxylic acids is 2. The highest BCUT2D eigenvalue weighted by Gasteiger charge is 2.12. The van der Waals surface area contributed by atoms with Crippen molar-refractivity contribution in [2.75, 3.05) is 6.61 Å². The van der Waals surface area contributed by atoms with Crippen LogP contribution in [-0.4, -0.2) is 23.7 Å². The highest BCUT2D eigenvalue weighted by atomic mass is 16.5. The molecule has 0 aromatic heterocycles. The maximum atomic E-state index is 11.3.